The van der Waals surface area contributed by atoms with E-state index in [4.69, 9.17) is 10.5 Å². The second-order valence-corrected chi connectivity index (χ2v) is 5.08. The summed E-state index contributed by atoms with van der Waals surface area (Å²) in [6, 6.07) is 6.79. The van der Waals surface area contributed by atoms with Crippen LogP contribution in [0.5, 0.6) is 5.75 Å². The minimum atomic E-state index is -0.308. The standard InChI is InChI=1S/C15H21N3O3/c16-12-4-6-13(7-5-12)21-11-14(19)17-10-15(20)18-8-2-1-3-9-18/h4-7H,1-3,8-11,16H2,(H,17,19). The van der Waals surface area contributed by atoms with Gasteiger partial charge in [-0.3, -0.25) is 9.59 Å². The Balaban J connectivity index is 1.67. The molecule has 2 rings (SSSR count). The Morgan fingerprint density at radius 1 is 1.14 bits per heavy atom. The molecule has 1 aliphatic rings. The quantitative estimate of drug-likeness (QED) is 0.785. The molecule has 3 N–H and O–H groups in total. The predicted octanol–water partition coefficient (Wildman–Crippen LogP) is 0.776. The molecular weight excluding hydrogens is 270 g/mol. The van der Waals surface area contributed by atoms with Gasteiger partial charge in [-0.05, 0) is 43.5 Å². The van der Waals surface area contributed by atoms with Crippen LogP contribution in [-0.4, -0.2) is 43.0 Å². The van der Waals surface area contributed by atoms with E-state index in [9.17, 15) is 9.59 Å². The molecule has 1 saturated heterocycles. The number of carbonyl (C=O) groups excluding carboxylic acids is 2. The summed E-state index contributed by atoms with van der Waals surface area (Å²) in [5.74, 6) is 0.231. The molecule has 0 saturated carbocycles. The van der Waals surface area contributed by atoms with Crippen LogP contribution in [0.1, 0.15) is 19.3 Å². The summed E-state index contributed by atoms with van der Waals surface area (Å²) in [5.41, 5.74) is 6.20. The lowest BCUT2D eigenvalue weighted by Crippen LogP contribution is -2.43. The third-order valence-corrected chi connectivity index (χ3v) is 3.40. The van der Waals surface area contributed by atoms with E-state index >= 15 is 0 Å². The Labute approximate surface area is 124 Å². The van der Waals surface area contributed by atoms with Crippen molar-refractivity contribution in [2.75, 3.05) is 32.0 Å². The highest BCUT2D eigenvalue weighted by molar-refractivity contribution is 5.85. The molecule has 6 heteroatoms. The zero-order valence-corrected chi connectivity index (χ0v) is 12.0. The monoisotopic (exact) mass is 291 g/mol. The van der Waals surface area contributed by atoms with Gasteiger partial charge in [0.15, 0.2) is 6.61 Å². The van der Waals surface area contributed by atoms with E-state index in [1.807, 2.05) is 0 Å². The van der Waals surface area contributed by atoms with Crippen molar-refractivity contribution in [3.8, 4) is 5.75 Å². The Morgan fingerprint density at radius 3 is 2.48 bits per heavy atom. The van der Waals surface area contributed by atoms with Crippen molar-refractivity contribution in [1.29, 1.82) is 0 Å². The van der Waals surface area contributed by atoms with E-state index in [1.54, 1.807) is 29.2 Å². The van der Waals surface area contributed by atoms with E-state index in [0.717, 1.165) is 25.9 Å². The Morgan fingerprint density at radius 2 is 1.81 bits per heavy atom. The van der Waals surface area contributed by atoms with Gasteiger partial charge in [-0.2, -0.15) is 0 Å². The van der Waals surface area contributed by atoms with Crippen molar-refractivity contribution >= 4 is 17.5 Å². The van der Waals surface area contributed by atoms with Gasteiger partial charge in [0.1, 0.15) is 5.75 Å². The molecular formula is C15H21N3O3. The minimum absolute atomic E-state index is 0.0317. The SMILES string of the molecule is Nc1ccc(OCC(=O)NCC(=O)N2CCCCC2)cc1. The first kappa shape index (κ1) is 15.2. The number of anilines is 1. The predicted molar refractivity (Wildman–Crippen MR) is 79.8 cm³/mol. The van der Waals surface area contributed by atoms with Crippen LogP contribution < -0.4 is 15.8 Å². The van der Waals surface area contributed by atoms with Gasteiger partial charge >= 0.3 is 0 Å². The zero-order valence-electron chi connectivity index (χ0n) is 12.0. The number of carbonyl (C=O) groups is 2. The molecule has 0 aliphatic carbocycles. The molecule has 21 heavy (non-hydrogen) atoms. The summed E-state index contributed by atoms with van der Waals surface area (Å²) < 4.78 is 5.31. The van der Waals surface area contributed by atoms with Crippen LogP contribution >= 0.6 is 0 Å². The van der Waals surface area contributed by atoms with Gasteiger partial charge in [-0.25, -0.2) is 0 Å². The van der Waals surface area contributed by atoms with Crippen molar-refractivity contribution in [2.24, 2.45) is 0 Å². The van der Waals surface area contributed by atoms with E-state index < -0.39 is 0 Å². The zero-order chi connectivity index (χ0) is 15.1. The van der Waals surface area contributed by atoms with E-state index in [1.165, 1.54) is 6.42 Å². The van der Waals surface area contributed by atoms with E-state index in [0.29, 0.717) is 11.4 Å². The molecule has 114 valence electrons. The number of nitrogens with two attached hydrogens (primary N) is 1. The number of benzene rings is 1. The van der Waals surface area contributed by atoms with Crippen LogP contribution in [0.2, 0.25) is 0 Å². The van der Waals surface area contributed by atoms with Crippen LogP contribution in [0.3, 0.4) is 0 Å². The fraction of sp³-hybridized carbons (Fsp3) is 0.467. The number of likely N-dealkylation sites (tertiary alicyclic amines) is 1. The second kappa shape index (κ2) is 7.52. The molecule has 1 fully saturated rings. The lowest BCUT2D eigenvalue weighted by molar-refractivity contribution is -0.134. The lowest BCUT2D eigenvalue weighted by Gasteiger charge is -2.26. The first-order chi connectivity index (χ1) is 10.1. The number of nitrogens with one attached hydrogen (secondary N) is 1. The third-order valence-electron chi connectivity index (χ3n) is 3.40. The largest absolute Gasteiger partial charge is 0.484 e. The highest BCUT2D eigenvalue weighted by Crippen LogP contribution is 2.12. The van der Waals surface area contributed by atoms with Crippen LogP contribution in [0, 0.1) is 0 Å². The average molecular weight is 291 g/mol. The van der Waals surface area contributed by atoms with Gasteiger partial charge in [0, 0.05) is 18.8 Å². The summed E-state index contributed by atoms with van der Waals surface area (Å²) in [4.78, 5) is 25.3. The highest BCUT2D eigenvalue weighted by atomic mass is 16.5. The summed E-state index contributed by atoms with van der Waals surface area (Å²) in [6.07, 6.45) is 3.26. The maximum Gasteiger partial charge on any atom is 0.258 e. The number of piperidine rings is 1. The topological polar surface area (TPSA) is 84.7 Å². The maximum absolute atomic E-state index is 11.9. The molecule has 1 aliphatic heterocycles. The molecule has 0 unspecified atom stereocenters. The molecule has 2 amide bonds. The molecule has 0 aromatic heterocycles. The Hall–Kier alpha value is -2.24. The van der Waals surface area contributed by atoms with Crippen LogP contribution in [0.4, 0.5) is 5.69 Å². The van der Waals surface area contributed by atoms with Crippen molar-refractivity contribution in [2.45, 2.75) is 19.3 Å². The van der Waals surface area contributed by atoms with E-state index in [-0.39, 0.29) is 25.0 Å². The van der Waals surface area contributed by atoms with Gasteiger partial charge in [-0.1, -0.05) is 0 Å². The van der Waals surface area contributed by atoms with Crippen LogP contribution in [0.15, 0.2) is 24.3 Å². The van der Waals surface area contributed by atoms with Crippen molar-refractivity contribution in [3.05, 3.63) is 24.3 Å². The highest BCUT2D eigenvalue weighted by Gasteiger charge is 2.16. The molecule has 0 atom stereocenters. The number of amides is 2. The Kier molecular flexibility index (Phi) is 5.43. The third kappa shape index (κ3) is 4.98. The molecule has 1 heterocycles. The summed E-state index contributed by atoms with van der Waals surface area (Å²) in [5, 5.41) is 2.58. The van der Waals surface area contributed by atoms with Crippen molar-refractivity contribution < 1.29 is 14.3 Å². The lowest BCUT2D eigenvalue weighted by atomic mass is 10.1. The summed E-state index contributed by atoms with van der Waals surface area (Å²) in [7, 11) is 0. The van der Waals surface area contributed by atoms with Gasteiger partial charge in [-0.15, -0.1) is 0 Å². The number of ether oxygens (including phenoxy) is 1. The first-order valence-electron chi connectivity index (χ1n) is 7.18. The van der Waals surface area contributed by atoms with Crippen molar-refractivity contribution in [3.63, 3.8) is 0 Å². The number of nitrogen functional groups attached to an aromatic ring is 1. The van der Waals surface area contributed by atoms with Crippen molar-refractivity contribution in [1.82, 2.24) is 10.2 Å². The summed E-state index contributed by atoms with van der Waals surface area (Å²) >= 11 is 0. The smallest absolute Gasteiger partial charge is 0.258 e. The number of hydrogen-bond donors (Lipinski definition) is 2. The minimum Gasteiger partial charge on any atom is -0.484 e. The maximum atomic E-state index is 11.9. The van der Waals surface area contributed by atoms with Gasteiger partial charge in [0.25, 0.3) is 5.91 Å². The molecule has 1 aromatic carbocycles. The van der Waals surface area contributed by atoms with E-state index in [2.05, 4.69) is 5.32 Å². The number of hydrogen-bond acceptors (Lipinski definition) is 4. The first-order valence-corrected chi connectivity index (χ1v) is 7.18. The number of rotatable bonds is 5. The fourth-order valence-electron chi connectivity index (χ4n) is 2.19. The summed E-state index contributed by atoms with van der Waals surface area (Å²) in [6.45, 7) is 1.49. The number of nitrogens with zero attached hydrogens (tertiary/aromatic N) is 1. The second-order valence-electron chi connectivity index (χ2n) is 5.08. The normalized spacial score (nSPS) is 14.6. The molecule has 0 spiro atoms. The fourth-order valence-corrected chi connectivity index (χ4v) is 2.19. The van der Waals surface area contributed by atoms with Gasteiger partial charge < -0.3 is 20.7 Å². The molecule has 6 nitrogen and oxygen atoms in total. The molecule has 1 aromatic rings. The molecule has 0 radical (unpaired) electrons. The Bertz CT molecular complexity index is 481. The average Bonchev–Trinajstić information content (AvgIpc) is 2.53. The van der Waals surface area contributed by atoms with Gasteiger partial charge in [0.2, 0.25) is 5.91 Å². The molecule has 0 bridgehead atoms. The van der Waals surface area contributed by atoms with Crippen LogP contribution in [0.25, 0.3) is 0 Å². The van der Waals surface area contributed by atoms with Crippen LogP contribution in [-0.2, 0) is 9.59 Å². The van der Waals surface area contributed by atoms with Gasteiger partial charge in [0.05, 0.1) is 6.54 Å².